The van der Waals surface area contributed by atoms with Gasteiger partial charge in [0.2, 0.25) is 5.91 Å². The largest absolute Gasteiger partial charge is 0.506 e. The molecule has 1 aliphatic heterocycles. The summed E-state index contributed by atoms with van der Waals surface area (Å²) in [4.78, 5) is 44.8. The predicted octanol–water partition coefficient (Wildman–Crippen LogP) is 3.33. The van der Waals surface area contributed by atoms with Crippen LogP contribution in [0.3, 0.4) is 0 Å². The van der Waals surface area contributed by atoms with Crippen molar-refractivity contribution in [1.29, 1.82) is 0 Å². The lowest BCUT2D eigenvalue weighted by Crippen LogP contribution is -2.27. The molecule has 0 aliphatic carbocycles. The van der Waals surface area contributed by atoms with Gasteiger partial charge in [0.1, 0.15) is 18.2 Å². The van der Waals surface area contributed by atoms with Crippen molar-refractivity contribution in [2.24, 2.45) is 17.3 Å². The molecule has 0 saturated heterocycles. The third-order valence-electron chi connectivity index (χ3n) is 7.20. The number of anilines is 1. The van der Waals surface area contributed by atoms with E-state index in [2.05, 4.69) is 15.0 Å². The first-order valence-electron chi connectivity index (χ1n) is 14.1. The maximum atomic E-state index is 14.6. The van der Waals surface area contributed by atoms with Crippen LogP contribution in [0.5, 0.6) is 0 Å². The Hall–Kier alpha value is -5.34. The van der Waals surface area contributed by atoms with Gasteiger partial charge in [-0.15, -0.1) is 0 Å². The number of aryl methyl sites for hydroxylation is 2. The quantitative estimate of drug-likeness (QED) is 0.0969. The third kappa shape index (κ3) is 6.76. The average molecular weight is 619 g/mol. The number of nitrogens with zero attached hydrogens (tertiary/aromatic N) is 4. The Labute approximate surface area is 258 Å². The molecule has 4 heterocycles. The molecule has 1 amide bonds. The van der Waals surface area contributed by atoms with Crippen LogP contribution in [-0.4, -0.2) is 43.3 Å². The molecule has 0 spiro atoms. The number of nitrogens with one attached hydrogen (secondary N) is 1. The highest BCUT2D eigenvalue weighted by atomic mass is 19.1. The van der Waals surface area contributed by atoms with E-state index in [9.17, 15) is 18.8 Å². The first-order chi connectivity index (χ1) is 21.5. The molecule has 4 aromatic rings. The average Bonchev–Trinajstić information content (AvgIpc) is 3.37. The van der Waals surface area contributed by atoms with E-state index in [0.717, 1.165) is 11.1 Å². The maximum absolute atomic E-state index is 14.6. The smallest absolute Gasteiger partial charge is 0.450 e. The van der Waals surface area contributed by atoms with Gasteiger partial charge in [-0.2, -0.15) is 0 Å². The molecule has 0 radical (unpaired) electrons. The number of halogens is 1. The van der Waals surface area contributed by atoms with Gasteiger partial charge < -0.3 is 36.2 Å². The van der Waals surface area contributed by atoms with Crippen LogP contribution in [-0.2, 0) is 29.2 Å². The van der Waals surface area contributed by atoms with Gasteiger partial charge in [0, 0.05) is 35.0 Å². The summed E-state index contributed by atoms with van der Waals surface area (Å²) < 4.78 is 20.8. The highest BCUT2D eigenvalue weighted by molar-refractivity contribution is 5.91. The maximum Gasteiger partial charge on any atom is 0.506 e. The van der Waals surface area contributed by atoms with Crippen molar-refractivity contribution in [2.45, 2.75) is 47.4 Å². The number of carboxylic acid groups (broad SMARTS) is 1. The number of pyridine rings is 3. The van der Waals surface area contributed by atoms with Gasteiger partial charge in [-0.1, -0.05) is 13.8 Å². The molecule has 0 saturated carbocycles. The topological polar surface area (TPSA) is 205 Å². The molecule has 1 aromatic carbocycles. The number of aromatic nitrogens is 3. The van der Waals surface area contributed by atoms with E-state index < -0.39 is 17.5 Å². The molecule has 0 bridgehead atoms. The molecule has 5 rings (SSSR count). The summed E-state index contributed by atoms with van der Waals surface area (Å²) in [6, 6.07) is 8.03. The normalized spacial score (nSPS) is 11.8. The second-order valence-electron chi connectivity index (χ2n) is 10.1. The number of amides is 1. The molecule has 14 heteroatoms. The van der Waals surface area contributed by atoms with Crippen molar-refractivity contribution in [1.82, 2.24) is 19.5 Å². The molecule has 1 aliphatic rings. The van der Waals surface area contributed by atoms with Gasteiger partial charge >= 0.3 is 6.16 Å². The van der Waals surface area contributed by atoms with Crippen LogP contribution in [0.4, 0.5) is 15.0 Å². The van der Waals surface area contributed by atoms with Gasteiger partial charge in [0.05, 0.1) is 47.8 Å². The van der Waals surface area contributed by atoms with Crippen molar-refractivity contribution in [3.8, 4) is 11.4 Å². The Balaban J connectivity index is 0.00000226. The highest BCUT2D eigenvalue weighted by Crippen LogP contribution is 2.37. The first-order valence-corrected chi connectivity index (χ1v) is 14.1. The fourth-order valence-corrected chi connectivity index (χ4v) is 5.01. The molecule has 45 heavy (non-hydrogen) atoms. The van der Waals surface area contributed by atoms with Gasteiger partial charge in [-0.25, -0.2) is 25.0 Å². The Bertz CT molecular complexity index is 1870. The summed E-state index contributed by atoms with van der Waals surface area (Å²) in [6.45, 7) is 7.04. The molecular formula is C31H35FN8O5. The van der Waals surface area contributed by atoms with Crippen molar-refractivity contribution >= 4 is 34.5 Å². The highest BCUT2D eigenvalue weighted by Gasteiger charge is 2.28. The Kier molecular flexibility index (Phi) is 9.79. The van der Waals surface area contributed by atoms with Crippen LogP contribution < -0.4 is 28.2 Å². The molecule has 3 aromatic heterocycles. The second kappa shape index (κ2) is 13.5. The van der Waals surface area contributed by atoms with Crippen molar-refractivity contribution < 1.29 is 23.8 Å². The summed E-state index contributed by atoms with van der Waals surface area (Å²) in [5, 5.41) is 13.5. The minimum absolute atomic E-state index is 0.127. The first kappa shape index (κ1) is 32.6. The Morgan fingerprint density at radius 2 is 1.91 bits per heavy atom. The number of hydrogen-bond acceptors (Lipinski definition) is 10. The van der Waals surface area contributed by atoms with Crippen molar-refractivity contribution in [3.63, 3.8) is 0 Å². The van der Waals surface area contributed by atoms with Gasteiger partial charge in [0.25, 0.3) is 5.56 Å². The lowest BCUT2D eigenvalue weighted by molar-refractivity contribution is -0.114. The van der Waals surface area contributed by atoms with E-state index in [1.54, 1.807) is 38.1 Å². The summed E-state index contributed by atoms with van der Waals surface area (Å²) in [6.07, 6.45) is 1.51. The van der Waals surface area contributed by atoms with Gasteiger partial charge in [0.15, 0.2) is 0 Å². The zero-order chi connectivity index (χ0) is 33.0. The van der Waals surface area contributed by atoms with Crippen LogP contribution in [0, 0.1) is 19.7 Å². The summed E-state index contributed by atoms with van der Waals surface area (Å²) >= 11 is 0. The number of rotatable bonds is 8. The Morgan fingerprint density at radius 3 is 2.56 bits per heavy atom. The fourth-order valence-electron chi connectivity index (χ4n) is 5.01. The number of hydrazine groups is 1. The summed E-state index contributed by atoms with van der Waals surface area (Å²) in [7, 11) is 0. The third-order valence-corrected chi connectivity index (χ3v) is 7.20. The van der Waals surface area contributed by atoms with Crippen LogP contribution in [0.1, 0.15) is 47.2 Å². The molecule has 0 fully saturated rings. The SMILES string of the molecule is CC.Cc1cc2c(CN(N)/C=C(\N)c3ccc(NC(=O)CN)nc3)c3c(nc2cc1F)-c1cc(C)c(COC(=O)O)c(=O)n1C3. The van der Waals surface area contributed by atoms with Gasteiger partial charge in [-0.3, -0.25) is 9.59 Å². The zero-order valence-corrected chi connectivity index (χ0v) is 25.3. The number of carbonyl (C=O) groups excluding carboxylic acids is 1. The Morgan fingerprint density at radius 1 is 1.18 bits per heavy atom. The molecule has 13 nitrogen and oxygen atoms in total. The van der Waals surface area contributed by atoms with Crippen LogP contribution >= 0.6 is 0 Å². The van der Waals surface area contributed by atoms with Crippen LogP contribution in [0.25, 0.3) is 28.0 Å². The number of ether oxygens (including phenoxy) is 1. The molecule has 0 atom stereocenters. The second-order valence-corrected chi connectivity index (χ2v) is 10.1. The lowest BCUT2D eigenvalue weighted by Gasteiger charge is -2.19. The van der Waals surface area contributed by atoms with Crippen molar-refractivity contribution in [3.05, 3.63) is 92.3 Å². The number of fused-ring (bicyclic) bond motifs is 4. The molecule has 236 valence electrons. The van der Waals surface area contributed by atoms with Crippen LogP contribution in [0.15, 0.2) is 47.5 Å². The van der Waals surface area contributed by atoms with E-state index >= 15 is 0 Å². The van der Waals surface area contributed by atoms with E-state index in [1.165, 1.54) is 28.0 Å². The van der Waals surface area contributed by atoms with Gasteiger partial charge in [-0.05, 0) is 54.8 Å². The zero-order valence-electron chi connectivity index (χ0n) is 25.3. The summed E-state index contributed by atoms with van der Waals surface area (Å²) in [5.41, 5.74) is 16.1. The van der Waals surface area contributed by atoms with E-state index in [0.29, 0.717) is 50.5 Å². The number of hydrogen-bond donors (Lipinski definition) is 5. The standard InChI is InChI=1S/C29H29FN8O5.C2H6/c1-14-6-24-27-19(11-38(24)28(40)20(14)13-43-29(41)42)18(17-5-15(2)21(30)7-23(17)35-27)10-37(33)12-22(32)16-3-4-25(34-9-16)36-26(39)8-31;1-2/h3-7,9,12H,8,10-11,13,31-33H2,1-2H3,(H,41,42)(H,34,36,39);1-2H3/b22-12-;. The predicted molar refractivity (Wildman–Crippen MR) is 168 cm³/mol. The molecule has 0 unspecified atom stereocenters. The van der Waals surface area contributed by atoms with Crippen LogP contribution in [0.2, 0.25) is 0 Å². The van der Waals surface area contributed by atoms with E-state index in [-0.39, 0.29) is 37.7 Å². The fraction of sp³-hybridized carbons (Fsp3) is 0.258. The van der Waals surface area contributed by atoms with E-state index in [4.69, 9.17) is 27.4 Å². The van der Waals surface area contributed by atoms with E-state index in [1.807, 2.05) is 13.8 Å². The summed E-state index contributed by atoms with van der Waals surface area (Å²) in [5.74, 6) is 5.93. The minimum atomic E-state index is -1.49. The molecular weight excluding hydrogens is 583 g/mol. The number of carbonyl (C=O) groups is 2. The molecule has 8 N–H and O–H groups in total. The number of nitrogens with two attached hydrogens (primary N) is 3. The lowest BCUT2D eigenvalue weighted by atomic mass is 9.98. The minimum Gasteiger partial charge on any atom is -0.450 e. The van der Waals surface area contributed by atoms with Crippen molar-refractivity contribution in [2.75, 3.05) is 11.9 Å². The number of benzene rings is 1. The monoisotopic (exact) mass is 618 g/mol.